The summed E-state index contributed by atoms with van der Waals surface area (Å²) in [5.74, 6) is -1.72. The van der Waals surface area contributed by atoms with Crippen molar-refractivity contribution in [2.75, 3.05) is 11.9 Å². The number of carbonyl (C=O) groups is 3. The van der Waals surface area contributed by atoms with Crippen molar-refractivity contribution in [2.24, 2.45) is 0 Å². The van der Waals surface area contributed by atoms with E-state index in [4.69, 9.17) is 27.9 Å². The Hall–Kier alpha value is -2.57. The second kappa shape index (κ2) is 9.39. The summed E-state index contributed by atoms with van der Waals surface area (Å²) >= 11 is 11.8. The lowest BCUT2D eigenvalue weighted by molar-refractivity contribution is -0.148. The molecule has 2 rings (SSSR count). The predicted molar refractivity (Wildman–Crippen MR) is 104 cm³/mol. The van der Waals surface area contributed by atoms with Crippen LogP contribution in [-0.2, 0) is 14.3 Å². The van der Waals surface area contributed by atoms with E-state index in [1.54, 1.807) is 24.3 Å². The van der Waals surface area contributed by atoms with Gasteiger partial charge in [-0.1, -0.05) is 40.9 Å². The van der Waals surface area contributed by atoms with Crippen LogP contribution in [0.2, 0.25) is 10.0 Å². The summed E-state index contributed by atoms with van der Waals surface area (Å²) in [7, 11) is 0. The van der Waals surface area contributed by atoms with E-state index in [0.29, 0.717) is 21.3 Å². The van der Waals surface area contributed by atoms with Crippen molar-refractivity contribution in [3.8, 4) is 0 Å². The third-order valence-corrected chi connectivity index (χ3v) is 4.09. The van der Waals surface area contributed by atoms with Crippen LogP contribution in [0.25, 0.3) is 0 Å². The standard InChI is InChI=1S/C19H18Cl2N2O4/c1-11-4-3-5-13(8-11)18(25)22-12(2)19(26)27-10-17(24)23-16-9-14(20)6-7-15(16)21/h3-9,12H,10H2,1-2H3,(H,22,25)(H,23,24)/t12-/m0/s1. The van der Waals surface area contributed by atoms with Crippen molar-refractivity contribution in [3.63, 3.8) is 0 Å². The van der Waals surface area contributed by atoms with Crippen LogP contribution >= 0.6 is 23.2 Å². The van der Waals surface area contributed by atoms with E-state index in [-0.39, 0.29) is 0 Å². The molecule has 1 atom stereocenters. The Morgan fingerprint density at radius 1 is 1.11 bits per heavy atom. The van der Waals surface area contributed by atoms with Crippen LogP contribution in [0, 0.1) is 6.92 Å². The summed E-state index contributed by atoms with van der Waals surface area (Å²) in [6.07, 6.45) is 0. The fourth-order valence-electron chi connectivity index (χ4n) is 2.17. The van der Waals surface area contributed by atoms with Crippen molar-refractivity contribution in [1.82, 2.24) is 5.32 Å². The van der Waals surface area contributed by atoms with Crippen LogP contribution in [-0.4, -0.2) is 30.4 Å². The first-order valence-electron chi connectivity index (χ1n) is 8.05. The quantitative estimate of drug-likeness (QED) is 0.714. The Kier molecular flexibility index (Phi) is 7.21. The third kappa shape index (κ3) is 6.27. The van der Waals surface area contributed by atoms with E-state index < -0.39 is 30.4 Å². The first-order valence-corrected chi connectivity index (χ1v) is 8.81. The summed E-state index contributed by atoms with van der Waals surface area (Å²) in [5.41, 5.74) is 1.67. The molecule has 0 aliphatic rings. The number of ether oxygens (including phenoxy) is 1. The highest BCUT2D eigenvalue weighted by molar-refractivity contribution is 6.35. The molecule has 142 valence electrons. The minimum absolute atomic E-state index is 0.304. The number of nitrogens with one attached hydrogen (secondary N) is 2. The van der Waals surface area contributed by atoms with Crippen molar-refractivity contribution < 1.29 is 19.1 Å². The van der Waals surface area contributed by atoms with E-state index in [1.165, 1.54) is 19.1 Å². The van der Waals surface area contributed by atoms with Gasteiger partial charge in [-0.25, -0.2) is 4.79 Å². The van der Waals surface area contributed by atoms with Gasteiger partial charge in [-0.2, -0.15) is 0 Å². The maximum Gasteiger partial charge on any atom is 0.328 e. The van der Waals surface area contributed by atoms with Crippen LogP contribution in [0.15, 0.2) is 42.5 Å². The monoisotopic (exact) mass is 408 g/mol. The molecule has 0 radical (unpaired) electrons. The van der Waals surface area contributed by atoms with Crippen molar-refractivity contribution in [3.05, 3.63) is 63.6 Å². The molecular formula is C19H18Cl2N2O4. The van der Waals surface area contributed by atoms with E-state index >= 15 is 0 Å². The molecule has 0 aliphatic heterocycles. The third-order valence-electron chi connectivity index (χ3n) is 3.53. The number of halogens is 2. The number of aryl methyl sites for hydroxylation is 1. The molecule has 2 aromatic carbocycles. The molecule has 0 saturated carbocycles. The zero-order valence-corrected chi connectivity index (χ0v) is 16.2. The molecule has 0 unspecified atom stereocenters. The molecule has 0 bridgehead atoms. The molecule has 0 spiro atoms. The fraction of sp³-hybridized carbons (Fsp3) is 0.211. The van der Waals surface area contributed by atoms with Gasteiger partial charge in [0, 0.05) is 10.6 Å². The van der Waals surface area contributed by atoms with Gasteiger partial charge in [0.2, 0.25) is 0 Å². The average molecular weight is 409 g/mol. The minimum atomic E-state index is -0.916. The molecule has 0 heterocycles. The first kappa shape index (κ1) is 20.7. The molecule has 2 N–H and O–H groups in total. The number of rotatable bonds is 6. The first-order chi connectivity index (χ1) is 12.8. The molecule has 0 saturated heterocycles. The summed E-state index contributed by atoms with van der Waals surface area (Å²) in [5, 5.41) is 5.73. The molecule has 27 heavy (non-hydrogen) atoms. The van der Waals surface area contributed by atoms with E-state index in [9.17, 15) is 14.4 Å². The van der Waals surface area contributed by atoms with Gasteiger partial charge in [-0.15, -0.1) is 0 Å². The topological polar surface area (TPSA) is 84.5 Å². The second-order valence-electron chi connectivity index (χ2n) is 5.84. The number of amides is 2. The van der Waals surface area contributed by atoms with Gasteiger partial charge in [0.1, 0.15) is 6.04 Å². The highest BCUT2D eigenvalue weighted by Crippen LogP contribution is 2.25. The van der Waals surface area contributed by atoms with Crippen molar-refractivity contribution in [1.29, 1.82) is 0 Å². The number of benzene rings is 2. The Balaban J connectivity index is 1.84. The fourth-order valence-corrected chi connectivity index (χ4v) is 2.50. The number of esters is 1. The predicted octanol–water partition coefficient (Wildman–Crippen LogP) is 3.60. The Morgan fingerprint density at radius 2 is 1.85 bits per heavy atom. The minimum Gasteiger partial charge on any atom is -0.454 e. The van der Waals surface area contributed by atoms with Crippen molar-refractivity contribution >= 4 is 46.7 Å². The van der Waals surface area contributed by atoms with Crippen LogP contribution < -0.4 is 10.6 Å². The van der Waals surface area contributed by atoms with Gasteiger partial charge in [0.15, 0.2) is 6.61 Å². The van der Waals surface area contributed by atoms with E-state index in [2.05, 4.69) is 10.6 Å². The molecule has 0 aromatic heterocycles. The maximum atomic E-state index is 12.1. The van der Waals surface area contributed by atoms with Crippen LogP contribution in [0.5, 0.6) is 0 Å². The SMILES string of the molecule is Cc1cccc(C(=O)N[C@@H](C)C(=O)OCC(=O)Nc2cc(Cl)ccc2Cl)c1. The highest BCUT2D eigenvalue weighted by atomic mass is 35.5. The summed E-state index contributed by atoms with van der Waals surface area (Å²) < 4.78 is 4.93. The molecule has 0 aliphatic carbocycles. The zero-order valence-electron chi connectivity index (χ0n) is 14.7. The van der Waals surface area contributed by atoms with E-state index in [0.717, 1.165) is 5.56 Å². The molecule has 2 aromatic rings. The zero-order chi connectivity index (χ0) is 20.0. The van der Waals surface area contributed by atoms with Gasteiger partial charge in [-0.05, 0) is 44.2 Å². The highest BCUT2D eigenvalue weighted by Gasteiger charge is 2.19. The molecule has 0 fully saturated rings. The summed E-state index contributed by atoms with van der Waals surface area (Å²) in [4.78, 5) is 36.0. The normalized spacial score (nSPS) is 11.4. The number of anilines is 1. The lowest BCUT2D eigenvalue weighted by Gasteiger charge is -2.14. The Bertz CT molecular complexity index is 871. The van der Waals surface area contributed by atoms with Gasteiger partial charge in [0.05, 0.1) is 10.7 Å². The second-order valence-corrected chi connectivity index (χ2v) is 6.69. The van der Waals surface area contributed by atoms with Crippen LogP contribution in [0.3, 0.4) is 0 Å². The lowest BCUT2D eigenvalue weighted by Crippen LogP contribution is -2.40. The van der Waals surface area contributed by atoms with Crippen LogP contribution in [0.1, 0.15) is 22.8 Å². The molecule has 8 heteroatoms. The summed E-state index contributed by atoms with van der Waals surface area (Å²) in [6.45, 7) is 2.81. The largest absolute Gasteiger partial charge is 0.454 e. The maximum absolute atomic E-state index is 12.1. The molecular weight excluding hydrogens is 391 g/mol. The van der Waals surface area contributed by atoms with E-state index in [1.807, 2.05) is 13.0 Å². The number of hydrogen-bond donors (Lipinski definition) is 2. The van der Waals surface area contributed by atoms with Crippen LogP contribution in [0.4, 0.5) is 5.69 Å². The van der Waals surface area contributed by atoms with Gasteiger partial charge in [0.25, 0.3) is 11.8 Å². The van der Waals surface area contributed by atoms with Gasteiger partial charge in [-0.3, -0.25) is 9.59 Å². The summed E-state index contributed by atoms with van der Waals surface area (Å²) in [6, 6.07) is 10.6. The molecule has 2 amide bonds. The number of carbonyl (C=O) groups excluding carboxylic acids is 3. The molecule has 6 nitrogen and oxygen atoms in total. The van der Waals surface area contributed by atoms with Gasteiger partial charge >= 0.3 is 5.97 Å². The van der Waals surface area contributed by atoms with Crippen molar-refractivity contribution in [2.45, 2.75) is 19.9 Å². The smallest absolute Gasteiger partial charge is 0.328 e. The Labute approximate surface area is 166 Å². The lowest BCUT2D eigenvalue weighted by atomic mass is 10.1. The average Bonchev–Trinajstić information content (AvgIpc) is 2.62. The van der Waals surface area contributed by atoms with Gasteiger partial charge < -0.3 is 15.4 Å². The number of hydrogen-bond acceptors (Lipinski definition) is 4. The Morgan fingerprint density at radius 3 is 2.56 bits per heavy atom.